The molecule has 0 unspecified atom stereocenters. The number of hydrogen-bond acceptors (Lipinski definition) is 6. The normalized spacial score (nSPS) is 14.3. The number of rotatable bonds is 7. The van der Waals surface area contributed by atoms with E-state index in [0.29, 0.717) is 6.54 Å². The van der Waals surface area contributed by atoms with Crippen molar-refractivity contribution in [2.45, 2.75) is 24.3 Å². The predicted molar refractivity (Wildman–Crippen MR) is 105 cm³/mol. The zero-order valence-electron chi connectivity index (χ0n) is 15.0. The maximum Gasteiger partial charge on any atom is 0.293 e. The third-order valence-electron chi connectivity index (χ3n) is 4.65. The van der Waals surface area contributed by atoms with E-state index in [0.717, 1.165) is 43.2 Å². The van der Waals surface area contributed by atoms with Crippen molar-refractivity contribution in [2.24, 2.45) is 0 Å². The molecule has 1 aliphatic heterocycles. The van der Waals surface area contributed by atoms with Gasteiger partial charge in [0.25, 0.3) is 5.69 Å². The van der Waals surface area contributed by atoms with Crippen LogP contribution in [0.2, 0.25) is 0 Å². The number of nitrogens with one attached hydrogen (secondary N) is 2. The summed E-state index contributed by atoms with van der Waals surface area (Å²) in [5.74, 6) is 0. The van der Waals surface area contributed by atoms with Crippen LogP contribution in [0, 0.1) is 10.1 Å². The fourth-order valence-corrected chi connectivity index (χ4v) is 3.96. The molecule has 144 valence electrons. The average Bonchev–Trinajstić information content (AvgIpc) is 3.21. The Labute approximate surface area is 158 Å². The molecule has 1 saturated heterocycles. The predicted octanol–water partition coefficient (Wildman–Crippen LogP) is 2.72. The van der Waals surface area contributed by atoms with Crippen molar-refractivity contribution in [3.05, 3.63) is 58.1 Å². The van der Waals surface area contributed by atoms with E-state index < -0.39 is 14.9 Å². The Morgan fingerprint density at radius 1 is 1.15 bits per heavy atom. The summed E-state index contributed by atoms with van der Waals surface area (Å²) < 4.78 is 26.0. The van der Waals surface area contributed by atoms with E-state index in [1.54, 1.807) is 0 Å². The van der Waals surface area contributed by atoms with Crippen molar-refractivity contribution in [3.8, 4) is 0 Å². The van der Waals surface area contributed by atoms with Crippen LogP contribution in [-0.2, 0) is 16.6 Å². The number of sulfonamides is 1. The van der Waals surface area contributed by atoms with Crippen LogP contribution in [-0.4, -0.2) is 33.5 Å². The minimum absolute atomic E-state index is 0.139. The van der Waals surface area contributed by atoms with Crippen LogP contribution >= 0.6 is 0 Å². The molecule has 0 atom stereocenters. The van der Waals surface area contributed by atoms with Gasteiger partial charge >= 0.3 is 0 Å². The Morgan fingerprint density at radius 3 is 2.52 bits per heavy atom. The van der Waals surface area contributed by atoms with Crippen LogP contribution in [0.4, 0.5) is 17.1 Å². The van der Waals surface area contributed by atoms with Crippen molar-refractivity contribution in [2.75, 3.05) is 30.4 Å². The monoisotopic (exact) mass is 390 g/mol. The molecule has 27 heavy (non-hydrogen) atoms. The number of nitro groups is 1. The first kappa shape index (κ1) is 19.1. The third-order valence-corrected chi connectivity index (χ3v) is 6.06. The Kier molecular flexibility index (Phi) is 5.62. The topological polar surface area (TPSA) is 105 Å². The highest BCUT2D eigenvalue weighted by Gasteiger charge is 2.21. The maximum absolute atomic E-state index is 11.9. The number of benzene rings is 2. The Hall–Kier alpha value is -2.65. The molecule has 0 spiro atoms. The molecule has 0 saturated carbocycles. The van der Waals surface area contributed by atoms with Crippen LogP contribution in [0.5, 0.6) is 0 Å². The first-order valence-electron chi connectivity index (χ1n) is 8.71. The van der Waals surface area contributed by atoms with Gasteiger partial charge in [-0.25, -0.2) is 13.1 Å². The summed E-state index contributed by atoms with van der Waals surface area (Å²) in [6.45, 7) is 2.42. The van der Waals surface area contributed by atoms with Gasteiger partial charge in [-0.1, -0.05) is 18.2 Å². The third kappa shape index (κ3) is 4.20. The summed E-state index contributed by atoms with van der Waals surface area (Å²) in [6, 6.07) is 11.8. The van der Waals surface area contributed by atoms with E-state index in [2.05, 4.69) is 21.0 Å². The molecule has 2 N–H and O–H groups in total. The lowest BCUT2D eigenvalue weighted by molar-refractivity contribution is -0.384. The van der Waals surface area contributed by atoms with Crippen molar-refractivity contribution in [1.29, 1.82) is 0 Å². The molecule has 1 heterocycles. The molecule has 0 bridgehead atoms. The van der Waals surface area contributed by atoms with Gasteiger partial charge in [0, 0.05) is 31.4 Å². The number of hydrogen-bond donors (Lipinski definition) is 2. The Morgan fingerprint density at radius 2 is 1.85 bits per heavy atom. The minimum atomic E-state index is -3.74. The molecule has 1 fully saturated rings. The van der Waals surface area contributed by atoms with E-state index >= 15 is 0 Å². The van der Waals surface area contributed by atoms with Gasteiger partial charge in [0.15, 0.2) is 0 Å². The van der Waals surface area contributed by atoms with Crippen molar-refractivity contribution < 1.29 is 13.3 Å². The van der Waals surface area contributed by atoms with E-state index in [4.69, 9.17) is 0 Å². The lowest BCUT2D eigenvalue weighted by atomic mass is 10.1. The summed E-state index contributed by atoms with van der Waals surface area (Å²) in [4.78, 5) is 13.0. The number of nitrogens with zero attached hydrogens (tertiary/aromatic N) is 2. The summed E-state index contributed by atoms with van der Waals surface area (Å²) in [5, 5.41) is 14.5. The van der Waals surface area contributed by atoms with Crippen molar-refractivity contribution in [3.63, 3.8) is 0 Å². The second-order valence-corrected chi connectivity index (χ2v) is 8.21. The fraction of sp³-hybridized carbons (Fsp3) is 0.333. The fourth-order valence-electron chi connectivity index (χ4n) is 3.21. The number of nitro benzene ring substituents is 1. The van der Waals surface area contributed by atoms with Gasteiger partial charge in [0.05, 0.1) is 9.82 Å². The van der Waals surface area contributed by atoms with Crippen molar-refractivity contribution in [1.82, 2.24) is 4.72 Å². The summed E-state index contributed by atoms with van der Waals surface area (Å²) in [6.07, 6.45) is 2.32. The van der Waals surface area contributed by atoms with Crippen LogP contribution in [0.1, 0.15) is 18.4 Å². The quantitative estimate of drug-likeness (QED) is 0.556. The summed E-state index contributed by atoms with van der Waals surface area (Å²) in [5.41, 5.74) is 2.18. The summed E-state index contributed by atoms with van der Waals surface area (Å²) >= 11 is 0. The molecular weight excluding hydrogens is 368 g/mol. The van der Waals surface area contributed by atoms with Gasteiger partial charge in [-0.15, -0.1) is 0 Å². The van der Waals surface area contributed by atoms with Gasteiger partial charge < -0.3 is 10.2 Å². The standard InChI is InChI=1S/C18H22N4O4S/c1-19-27(25,26)15-8-9-16(18(12-15)22(23)24)20-13-14-6-2-3-7-17(14)21-10-4-5-11-21/h2-3,6-9,12,19-20H,4-5,10-11,13H2,1H3. The van der Waals surface area contributed by atoms with E-state index in [9.17, 15) is 18.5 Å². The zero-order chi connectivity index (χ0) is 19.4. The Bertz CT molecular complexity index is 940. The van der Waals surface area contributed by atoms with Gasteiger partial charge in [-0.3, -0.25) is 10.1 Å². The van der Waals surface area contributed by atoms with Gasteiger partial charge in [-0.2, -0.15) is 0 Å². The number of anilines is 2. The number of para-hydroxylation sites is 1. The molecule has 9 heteroatoms. The second kappa shape index (κ2) is 7.93. The molecule has 1 aliphatic rings. The molecular formula is C18H22N4O4S. The summed E-state index contributed by atoms with van der Waals surface area (Å²) in [7, 11) is -2.48. The largest absolute Gasteiger partial charge is 0.375 e. The average molecular weight is 390 g/mol. The van der Waals surface area contributed by atoms with Gasteiger partial charge in [0.1, 0.15) is 5.69 Å². The van der Waals surface area contributed by atoms with E-state index in [1.165, 1.54) is 19.2 Å². The zero-order valence-corrected chi connectivity index (χ0v) is 15.8. The lowest BCUT2D eigenvalue weighted by Gasteiger charge is -2.21. The molecule has 2 aromatic rings. The molecule has 3 rings (SSSR count). The molecule has 8 nitrogen and oxygen atoms in total. The minimum Gasteiger partial charge on any atom is -0.375 e. The highest BCUT2D eigenvalue weighted by Crippen LogP contribution is 2.30. The van der Waals surface area contributed by atoms with Gasteiger partial charge in [-0.05, 0) is 43.7 Å². The van der Waals surface area contributed by atoms with Crippen molar-refractivity contribution >= 4 is 27.1 Å². The highest BCUT2D eigenvalue weighted by atomic mass is 32.2. The molecule has 2 aromatic carbocycles. The van der Waals surface area contributed by atoms with Crippen LogP contribution in [0.15, 0.2) is 47.4 Å². The molecule has 0 aromatic heterocycles. The van der Waals surface area contributed by atoms with E-state index in [1.807, 2.05) is 18.2 Å². The van der Waals surface area contributed by atoms with Gasteiger partial charge in [0.2, 0.25) is 10.0 Å². The second-order valence-electron chi connectivity index (χ2n) is 6.32. The van der Waals surface area contributed by atoms with Crippen LogP contribution < -0.4 is 14.9 Å². The molecule has 0 aliphatic carbocycles. The molecule has 0 amide bonds. The highest BCUT2D eigenvalue weighted by molar-refractivity contribution is 7.89. The maximum atomic E-state index is 11.9. The van der Waals surface area contributed by atoms with Crippen LogP contribution in [0.25, 0.3) is 0 Å². The first-order valence-corrected chi connectivity index (χ1v) is 10.2. The Balaban J connectivity index is 1.85. The first-order chi connectivity index (χ1) is 12.9. The smallest absolute Gasteiger partial charge is 0.293 e. The van der Waals surface area contributed by atoms with E-state index in [-0.39, 0.29) is 16.3 Å². The lowest BCUT2D eigenvalue weighted by Crippen LogP contribution is -2.20. The SMILES string of the molecule is CNS(=O)(=O)c1ccc(NCc2ccccc2N2CCCC2)c([N+](=O)[O-])c1. The van der Waals surface area contributed by atoms with Crippen LogP contribution in [0.3, 0.4) is 0 Å². The molecule has 0 radical (unpaired) electrons.